The van der Waals surface area contributed by atoms with Crippen molar-refractivity contribution >= 4 is 11.6 Å². The molecular weight excluding hydrogens is 268 g/mol. The molecule has 2 heterocycles. The van der Waals surface area contributed by atoms with Gasteiger partial charge in [0.2, 0.25) is 0 Å². The SMILES string of the molecule is COc1ccc(N2C(=O)COCC23CCCNCC3)cc1. The van der Waals surface area contributed by atoms with E-state index in [0.717, 1.165) is 43.8 Å². The molecule has 0 aliphatic carbocycles. The molecule has 2 aliphatic heterocycles. The van der Waals surface area contributed by atoms with Gasteiger partial charge in [0.1, 0.15) is 12.4 Å². The molecule has 0 radical (unpaired) electrons. The molecule has 1 amide bonds. The molecule has 1 N–H and O–H groups in total. The van der Waals surface area contributed by atoms with E-state index in [1.54, 1.807) is 7.11 Å². The Labute approximate surface area is 125 Å². The van der Waals surface area contributed by atoms with Crippen LogP contribution in [-0.4, -0.2) is 44.9 Å². The molecular formula is C16H22N2O3. The van der Waals surface area contributed by atoms with E-state index in [-0.39, 0.29) is 18.1 Å². The van der Waals surface area contributed by atoms with Crippen LogP contribution >= 0.6 is 0 Å². The number of hydrogen-bond acceptors (Lipinski definition) is 4. The summed E-state index contributed by atoms with van der Waals surface area (Å²) in [6, 6.07) is 7.73. The van der Waals surface area contributed by atoms with Crippen LogP contribution in [0.3, 0.4) is 0 Å². The highest BCUT2D eigenvalue weighted by Gasteiger charge is 2.44. The molecule has 2 aliphatic rings. The van der Waals surface area contributed by atoms with Crippen molar-refractivity contribution in [3.63, 3.8) is 0 Å². The van der Waals surface area contributed by atoms with Gasteiger partial charge in [-0.2, -0.15) is 0 Å². The molecule has 1 spiro atoms. The van der Waals surface area contributed by atoms with Gasteiger partial charge in [-0.25, -0.2) is 0 Å². The van der Waals surface area contributed by atoms with Gasteiger partial charge < -0.3 is 19.7 Å². The van der Waals surface area contributed by atoms with Crippen LogP contribution < -0.4 is 15.0 Å². The van der Waals surface area contributed by atoms with Crippen LogP contribution in [0.2, 0.25) is 0 Å². The first-order valence-electron chi connectivity index (χ1n) is 7.51. The first-order chi connectivity index (χ1) is 10.2. The van der Waals surface area contributed by atoms with E-state index < -0.39 is 0 Å². The number of nitrogens with zero attached hydrogens (tertiary/aromatic N) is 1. The Morgan fingerprint density at radius 2 is 2.05 bits per heavy atom. The zero-order chi connectivity index (χ0) is 14.7. The number of hydrogen-bond donors (Lipinski definition) is 1. The number of carbonyl (C=O) groups excluding carboxylic acids is 1. The summed E-state index contributed by atoms with van der Waals surface area (Å²) in [7, 11) is 1.65. The molecule has 1 unspecified atom stereocenters. The van der Waals surface area contributed by atoms with Gasteiger partial charge in [0.25, 0.3) is 5.91 Å². The van der Waals surface area contributed by atoms with Crippen LogP contribution in [0, 0.1) is 0 Å². The lowest BCUT2D eigenvalue weighted by molar-refractivity contribution is -0.130. The minimum absolute atomic E-state index is 0.0494. The number of benzene rings is 1. The molecule has 5 heteroatoms. The quantitative estimate of drug-likeness (QED) is 0.898. The normalized spacial score (nSPS) is 26.7. The van der Waals surface area contributed by atoms with E-state index in [1.807, 2.05) is 29.2 Å². The summed E-state index contributed by atoms with van der Waals surface area (Å²) >= 11 is 0. The van der Waals surface area contributed by atoms with Crippen molar-refractivity contribution in [1.82, 2.24) is 5.32 Å². The number of ether oxygens (including phenoxy) is 2. The van der Waals surface area contributed by atoms with Crippen LogP contribution in [0.4, 0.5) is 5.69 Å². The fraction of sp³-hybridized carbons (Fsp3) is 0.562. The maximum Gasteiger partial charge on any atom is 0.253 e. The third-order valence-corrected chi connectivity index (χ3v) is 4.41. The lowest BCUT2D eigenvalue weighted by Gasteiger charge is -2.46. The Hall–Kier alpha value is -1.59. The van der Waals surface area contributed by atoms with Crippen molar-refractivity contribution in [2.24, 2.45) is 0 Å². The lowest BCUT2D eigenvalue weighted by atomic mass is 9.87. The Bertz CT molecular complexity index is 493. The summed E-state index contributed by atoms with van der Waals surface area (Å²) in [5, 5.41) is 3.41. The van der Waals surface area contributed by atoms with Gasteiger partial charge in [0, 0.05) is 5.69 Å². The molecule has 0 aromatic heterocycles. The van der Waals surface area contributed by atoms with Gasteiger partial charge >= 0.3 is 0 Å². The Balaban J connectivity index is 1.94. The van der Waals surface area contributed by atoms with E-state index in [4.69, 9.17) is 9.47 Å². The maximum absolute atomic E-state index is 12.5. The molecule has 2 fully saturated rings. The average molecular weight is 290 g/mol. The number of amides is 1. The van der Waals surface area contributed by atoms with E-state index in [9.17, 15) is 4.79 Å². The second-order valence-electron chi connectivity index (χ2n) is 5.75. The maximum atomic E-state index is 12.5. The number of carbonyl (C=O) groups is 1. The summed E-state index contributed by atoms with van der Waals surface area (Å²) in [6.45, 7) is 2.71. The largest absolute Gasteiger partial charge is 0.497 e. The molecule has 1 aromatic carbocycles. The molecule has 5 nitrogen and oxygen atoms in total. The highest BCUT2D eigenvalue weighted by atomic mass is 16.5. The van der Waals surface area contributed by atoms with Gasteiger partial charge in [-0.3, -0.25) is 4.79 Å². The number of anilines is 1. The molecule has 2 saturated heterocycles. The van der Waals surface area contributed by atoms with Crippen molar-refractivity contribution < 1.29 is 14.3 Å². The Morgan fingerprint density at radius 1 is 1.24 bits per heavy atom. The number of methoxy groups -OCH3 is 1. The van der Waals surface area contributed by atoms with Crippen molar-refractivity contribution in [3.05, 3.63) is 24.3 Å². The standard InChI is InChI=1S/C16H22N2O3/c1-20-14-5-3-13(4-6-14)18-15(19)11-21-12-16(18)7-2-9-17-10-8-16/h3-6,17H,2,7-12H2,1H3. The second-order valence-corrected chi connectivity index (χ2v) is 5.75. The number of morpholine rings is 1. The Morgan fingerprint density at radius 3 is 2.81 bits per heavy atom. The van der Waals surface area contributed by atoms with E-state index in [1.165, 1.54) is 0 Å². The van der Waals surface area contributed by atoms with Crippen molar-refractivity contribution in [3.8, 4) is 5.75 Å². The van der Waals surface area contributed by atoms with Crippen molar-refractivity contribution in [2.45, 2.75) is 24.8 Å². The third kappa shape index (κ3) is 2.76. The third-order valence-electron chi connectivity index (χ3n) is 4.41. The first-order valence-corrected chi connectivity index (χ1v) is 7.51. The summed E-state index contributed by atoms with van der Waals surface area (Å²) in [4.78, 5) is 14.4. The summed E-state index contributed by atoms with van der Waals surface area (Å²) in [6.07, 6.45) is 2.95. The van der Waals surface area contributed by atoms with Crippen LogP contribution in [0.1, 0.15) is 19.3 Å². The Kier molecular flexibility index (Phi) is 4.12. The fourth-order valence-corrected chi connectivity index (χ4v) is 3.35. The van der Waals surface area contributed by atoms with Crippen molar-refractivity contribution in [2.75, 3.05) is 38.3 Å². The van der Waals surface area contributed by atoms with E-state index >= 15 is 0 Å². The van der Waals surface area contributed by atoms with Gasteiger partial charge in [-0.1, -0.05) is 0 Å². The van der Waals surface area contributed by atoms with Gasteiger partial charge in [-0.15, -0.1) is 0 Å². The molecule has 3 rings (SSSR count). The average Bonchev–Trinajstić information content (AvgIpc) is 2.74. The summed E-state index contributed by atoms with van der Waals surface area (Å²) < 4.78 is 10.8. The highest BCUT2D eigenvalue weighted by Crippen LogP contribution is 2.35. The van der Waals surface area contributed by atoms with Gasteiger partial charge in [0.05, 0.1) is 19.3 Å². The summed E-state index contributed by atoms with van der Waals surface area (Å²) in [5.41, 5.74) is 0.721. The predicted molar refractivity (Wildman–Crippen MR) is 80.8 cm³/mol. The van der Waals surface area contributed by atoms with Crippen molar-refractivity contribution in [1.29, 1.82) is 0 Å². The molecule has 0 saturated carbocycles. The minimum Gasteiger partial charge on any atom is -0.497 e. The van der Waals surface area contributed by atoms with Crippen LogP contribution in [-0.2, 0) is 9.53 Å². The zero-order valence-electron chi connectivity index (χ0n) is 12.4. The zero-order valence-corrected chi connectivity index (χ0v) is 12.4. The van der Waals surface area contributed by atoms with E-state index in [2.05, 4.69) is 5.32 Å². The highest BCUT2D eigenvalue weighted by molar-refractivity contribution is 5.96. The van der Waals surface area contributed by atoms with Gasteiger partial charge in [-0.05, 0) is 56.6 Å². The van der Waals surface area contributed by atoms with Crippen LogP contribution in [0.5, 0.6) is 5.75 Å². The second kappa shape index (κ2) is 6.03. The fourth-order valence-electron chi connectivity index (χ4n) is 3.35. The smallest absolute Gasteiger partial charge is 0.253 e. The number of rotatable bonds is 2. The molecule has 114 valence electrons. The van der Waals surface area contributed by atoms with Gasteiger partial charge in [0.15, 0.2) is 0 Å². The van der Waals surface area contributed by atoms with Crippen LogP contribution in [0.25, 0.3) is 0 Å². The molecule has 1 aromatic rings. The molecule has 21 heavy (non-hydrogen) atoms. The number of nitrogens with one attached hydrogen (secondary N) is 1. The topological polar surface area (TPSA) is 50.8 Å². The molecule has 0 bridgehead atoms. The summed E-state index contributed by atoms with van der Waals surface area (Å²) in [5.74, 6) is 0.851. The minimum atomic E-state index is -0.215. The monoisotopic (exact) mass is 290 g/mol. The van der Waals surface area contributed by atoms with E-state index in [0.29, 0.717) is 6.61 Å². The van der Waals surface area contributed by atoms with Crippen LogP contribution in [0.15, 0.2) is 24.3 Å². The molecule has 1 atom stereocenters. The first kappa shape index (κ1) is 14.4. The predicted octanol–water partition coefficient (Wildman–Crippen LogP) is 1.57. The lowest BCUT2D eigenvalue weighted by Crippen LogP contribution is -2.60.